The summed E-state index contributed by atoms with van der Waals surface area (Å²) in [4.78, 5) is 8.85. The van der Waals surface area contributed by atoms with Crippen LogP contribution >= 0.6 is 0 Å². The molecule has 5 heteroatoms. The van der Waals surface area contributed by atoms with Gasteiger partial charge in [-0.3, -0.25) is 0 Å². The van der Waals surface area contributed by atoms with Gasteiger partial charge in [-0.2, -0.15) is 0 Å². The largest absolute Gasteiger partial charge is 0.469 e. The minimum absolute atomic E-state index is 0.246. The first kappa shape index (κ1) is 13.4. The Hall–Kier alpha value is -2.04. The van der Waals surface area contributed by atoms with Gasteiger partial charge in [0.25, 0.3) is 0 Å². The number of anilines is 2. The van der Waals surface area contributed by atoms with Crippen LogP contribution in [0, 0.1) is 0 Å². The van der Waals surface area contributed by atoms with E-state index in [4.69, 9.17) is 4.42 Å². The fourth-order valence-electron chi connectivity index (χ4n) is 1.89. The maximum absolute atomic E-state index is 5.35. The van der Waals surface area contributed by atoms with Crippen molar-refractivity contribution in [3.63, 3.8) is 0 Å². The molecule has 0 bridgehead atoms. The first-order valence-corrected chi connectivity index (χ1v) is 6.56. The van der Waals surface area contributed by atoms with Crippen LogP contribution in [0.1, 0.15) is 25.4 Å². The maximum Gasteiger partial charge on any atom is 0.132 e. The van der Waals surface area contributed by atoms with Gasteiger partial charge < -0.3 is 15.1 Å². The van der Waals surface area contributed by atoms with Gasteiger partial charge in [-0.15, -0.1) is 0 Å². The van der Waals surface area contributed by atoms with E-state index in [2.05, 4.69) is 27.5 Å². The second-order valence-electron chi connectivity index (χ2n) is 4.49. The van der Waals surface area contributed by atoms with Gasteiger partial charge in [0, 0.05) is 32.0 Å². The zero-order valence-corrected chi connectivity index (χ0v) is 11.6. The van der Waals surface area contributed by atoms with Crippen LogP contribution < -0.4 is 10.6 Å². The van der Waals surface area contributed by atoms with Crippen molar-refractivity contribution in [3.05, 3.63) is 36.0 Å². The van der Waals surface area contributed by atoms with Crippen LogP contribution in [-0.2, 0) is 12.8 Å². The van der Waals surface area contributed by atoms with Gasteiger partial charge in [0.05, 0.1) is 6.26 Å². The molecular formula is C14H20N4O. The molecule has 2 rings (SSSR count). The molecule has 2 N–H and O–H groups in total. The van der Waals surface area contributed by atoms with Crippen LogP contribution in [0.5, 0.6) is 0 Å². The Morgan fingerprint density at radius 2 is 2.11 bits per heavy atom. The lowest BCUT2D eigenvalue weighted by Crippen LogP contribution is -2.19. The van der Waals surface area contributed by atoms with Gasteiger partial charge in [0.1, 0.15) is 23.2 Å². The monoisotopic (exact) mass is 260 g/mol. The summed E-state index contributed by atoms with van der Waals surface area (Å²) in [6, 6.07) is 6.04. The lowest BCUT2D eigenvalue weighted by atomic mass is 10.2. The highest BCUT2D eigenvalue weighted by Gasteiger charge is 2.08. The Morgan fingerprint density at radius 3 is 2.74 bits per heavy atom. The third-order valence-corrected chi connectivity index (χ3v) is 2.83. The minimum Gasteiger partial charge on any atom is -0.469 e. The molecule has 102 valence electrons. The number of nitrogens with one attached hydrogen (secondary N) is 2. The molecule has 0 saturated heterocycles. The Bertz CT molecular complexity index is 488. The summed E-state index contributed by atoms with van der Waals surface area (Å²) >= 11 is 0. The number of aryl methyl sites for hydroxylation is 1. The lowest BCUT2D eigenvalue weighted by Gasteiger charge is -2.14. The van der Waals surface area contributed by atoms with Crippen LogP contribution in [0.15, 0.2) is 28.9 Å². The van der Waals surface area contributed by atoms with E-state index in [0.29, 0.717) is 0 Å². The molecule has 2 aromatic rings. The number of hydrogen-bond donors (Lipinski definition) is 2. The summed E-state index contributed by atoms with van der Waals surface area (Å²) in [6.45, 7) is 4.15. The quantitative estimate of drug-likeness (QED) is 0.836. The Kier molecular flexibility index (Phi) is 4.39. The topological polar surface area (TPSA) is 63.0 Å². The van der Waals surface area contributed by atoms with E-state index < -0.39 is 0 Å². The van der Waals surface area contributed by atoms with Crippen LogP contribution in [0.4, 0.5) is 11.6 Å². The first-order valence-electron chi connectivity index (χ1n) is 6.56. The number of furan rings is 1. The smallest absolute Gasteiger partial charge is 0.132 e. The summed E-state index contributed by atoms with van der Waals surface area (Å²) in [7, 11) is 1.86. The molecule has 0 aliphatic rings. The fraction of sp³-hybridized carbons (Fsp3) is 0.429. The second kappa shape index (κ2) is 6.22. The molecule has 5 nitrogen and oxygen atoms in total. The number of hydrogen-bond acceptors (Lipinski definition) is 5. The zero-order valence-electron chi connectivity index (χ0n) is 11.6. The molecule has 0 saturated carbocycles. The average molecular weight is 260 g/mol. The van der Waals surface area contributed by atoms with E-state index in [1.165, 1.54) is 0 Å². The van der Waals surface area contributed by atoms with Crippen molar-refractivity contribution >= 4 is 11.6 Å². The van der Waals surface area contributed by atoms with E-state index in [1.54, 1.807) is 6.26 Å². The van der Waals surface area contributed by atoms with Crippen molar-refractivity contribution in [1.82, 2.24) is 9.97 Å². The Balaban J connectivity index is 2.05. The molecular weight excluding hydrogens is 240 g/mol. The van der Waals surface area contributed by atoms with Crippen LogP contribution in [0.25, 0.3) is 0 Å². The third kappa shape index (κ3) is 3.71. The van der Waals surface area contributed by atoms with E-state index in [1.807, 2.05) is 32.2 Å². The van der Waals surface area contributed by atoms with E-state index in [-0.39, 0.29) is 6.04 Å². The molecule has 0 amide bonds. The molecule has 0 radical (unpaired) electrons. The van der Waals surface area contributed by atoms with Gasteiger partial charge >= 0.3 is 0 Å². The van der Waals surface area contributed by atoms with Gasteiger partial charge in [-0.1, -0.05) is 6.92 Å². The summed E-state index contributed by atoms with van der Waals surface area (Å²) in [5, 5.41) is 6.43. The predicted octanol–water partition coefficient (Wildman–Crippen LogP) is 2.72. The molecule has 0 fully saturated rings. The molecule has 0 aromatic carbocycles. The average Bonchev–Trinajstić information content (AvgIpc) is 2.90. The van der Waals surface area contributed by atoms with Gasteiger partial charge in [-0.05, 0) is 19.1 Å². The van der Waals surface area contributed by atoms with E-state index in [9.17, 15) is 0 Å². The summed E-state index contributed by atoms with van der Waals surface area (Å²) in [6.07, 6.45) is 3.34. The van der Waals surface area contributed by atoms with Gasteiger partial charge in [0.15, 0.2) is 0 Å². The van der Waals surface area contributed by atoms with Gasteiger partial charge in [-0.25, -0.2) is 9.97 Å². The highest BCUT2D eigenvalue weighted by molar-refractivity contribution is 5.47. The normalized spacial score (nSPS) is 12.2. The summed E-state index contributed by atoms with van der Waals surface area (Å²) in [5.41, 5.74) is 0. The summed E-state index contributed by atoms with van der Waals surface area (Å²) in [5.74, 6) is 3.48. The number of aromatic nitrogens is 2. The molecule has 1 atom stereocenters. The van der Waals surface area contributed by atoms with Crippen molar-refractivity contribution in [2.45, 2.75) is 32.7 Å². The highest BCUT2D eigenvalue weighted by Crippen LogP contribution is 2.14. The van der Waals surface area contributed by atoms with Crippen molar-refractivity contribution in [2.24, 2.45) is 0 Å². The number of nitrogens with zero attached hydrogens (tertiary/aromatic N) is 2. The van der Waals surface area contributed by atoms with Crippen LogP contribution in [0.2, 0.25) is 0 Å². The molecule has 19 heavy (non-hydrogen) atoms. The standard InChI is InChI=1S/C14H20N4O/c1-4-12-17-13(15-3)9-14(18-12)16-10(2)8-11-6-5-7-19-11/h5-7,9-10H,4,8H2,1-3H3,(H2,15,16,17,18). The van der Waals surface area contributed by atoms with Crippen molar-refractivity contribution in [3.8, 4) is 0 Å². The minimum atomic E-state index is 0.246. The van der Waals surface area contributed by atoms with E-state index >= 15 is 0 Å². The second-order valence-corrected chi connectivity index (χ2v) is 4.49. The lowest BCUT2D eigenvalue weighted by molar-refractivity contribution is 0.497. The van der Waals surface area contributed by atoms with E-state index in [0.717, 1.165) is 36.1 Å². The molecule has 2 aromatic heterocycles. The zero-order chi connectivity index (χ0) is 13.7. The molecule has 0 aliphatic carbocycles. The van der Waals surface area contributed by atoms with Crippen molar-refractivity contribution in [1.29, 1.82) is 0 Å². The highest BCUT2D eigenvalue weighted by atomic mass is 16.3. The SMILES string of the molecule is CCc1nc(NC)cc(NC(C)Cc2ccco2)n1. The van der Waals surface area contributed by atoms with Crippen LogP contribution in [-0.4, -0.2) is 23.1 Å². The Morgan fingerprint density at radius 1 is 1.32 bits per heavy atom. The molecule has 2 heterocycles. The van der Waals surface area contributed by atoms with Crippen molar-refractivity contribution in [2.75, 3.05) is 17.7 Å². The predicted molar refractivity (Wildman–Crippen MR) is 76.5 cm³/mol. The molecule has 0 spiro atoms. The number of rotatable bonds is 6. The Labute approximate surface area is 113 Å². The maximum atomic E-state index is 5.35. The fourth-order valence-corrected chi connectivity index (χ4v) is 1.89. The first-order chi connectivity index (χ1) is 9.21. The van der Waals surface area contributed by atoms with Crippen molar-refractivity contribution < 1.29 is 4.42 Å². The van der Waals surface area contributed by atoms with Crippen LogP contribution in [0.3, 0.4) is 0 Å². The molecule has 0 aliphatic heterocycles. The third-order valence-electron chi connectivity index (χ3n) is 2.83. The van der Waals surface area contributed by atoms with Gasteiger partial charge in [0.2, 0.25) is 0 Å². The molecule has 1 unspecified atom stereocenters. The summed E-state index contributed by atoms with van der Waals surface area (Å²) < 4.78 is 5.35.